The predicted octanol–water partition coefficient (Wildman–Crippen LogP) is 2.49. The summed E-state index contributed by atoms with van der Waals surface area (Å²) in [5, 5.41) is 22.1. The number of aryl methyl sites for hydroxylation is 1. The monoisotopic (exact) mass is 580 g/mol. The Kier molecular flexibility index (Phi) is 11.8. The van der Waals surface area contributed by atoms with Crippen LogP contribution in [-0.4, -0.2) is 30.1 Å². The molecule has 0 bridgehead atoms. The van der Waals surface area contributed by atoms with Gasteiger partial charge in [-0.1, -0.05) is 51.0 Å². The standard InChI is InChI=1S/C33H34O8.Na/c1-4-7-25-28(15-13-23(20(3)34)31(25)36)39-17-6-18-40-29-16-14-24-27(35)19-30(41-32(24)26(29)8-5-2)21-9-11-22(12-10-21)33(37)38;/h9-16,19,36H,4-8,17-18H2,1-3H3,(H,37,38);/q;+1/p-1. The second kappa shape index (κ2) is 15.0. The Morgan fingerprint density at radius 2 is 1.48 bits per heavy atom. The first-order chi connectivity index (χ1) is 19.7. The van der Waals surface area contributed by atoms with E-state index < -0.39 is 5.97 Å². The molecule has 0 radical (unpaired) electrons. The maximum atomic E-state index is 12.9. The van der Waals surface area contributed by atoms with Gasteiger partial charge in [-0.3, -0.25) is 9.59 Å². The first kappa shape index (κ1) is 32.9. The third-order valence-electron chi connectivity index (χ3n) is 6.79. The molecule has 8 nitrogen and oxygen atoms in total. The summed E-state index contributed by atoms with van der Waals surface area (Å²) in [5.74, 6) is -0.00815. The summed E-state index contributed by atoms with van der Waals surface area (Å²) < 4.78 is 18.2. The second-order valence-corrected chi connectivity index (χ2v) is 9.80. The molecular formula is C33H33NaO8. The van der Waals surface area contributed by atoms with Gasteiger partial charge in [-0.2, -0.15) is 0 Å². The number of phenolic OH excluding ortho intramolecular Hbond substituents is 1. The summed E-state index contributed by atoms with van der Waals surface area (Å²) in [4.78, 5) is 35.8. The average Bonchev–Trinajstić information content (AvgIpc) is 2.95. The Labute approximate surface area is 266 Å². The summed E-state index contributed by atoms with van der Waals surface area (Å²) >= 11 is 0. The molecule has 0 amide bonds. The number of Topliss-reactive ketones (excluding diaryl/α,β-unsaturated/α-hetero) is 1. The van der Waals surface area contributed by atoms with Crippen molar-refractivity contribution in [1.29, 1.82) is 0 Å². The zero-order chi connectivity index (χ0) is 29.5. The molecule has 1 aromatic heterocycles. The van der Waals surface area contributed by atoms with Crippen LogP contribution in [0.15, 0.2) is 63.8 Å². The maximum Gasteiger partial charge on any atom is 1.00 e. The van der Waals surface area contributed by atoms with E-state index in [1.807, 2.05) is 13.8 Å². The van der Waals surface area contributed by atoms with E-state index in [0.29, 0.717) is 71.8 Å². The van der Waals surface area contributed by atoms with E-state index in [4.69, 9.17) is 13.9 Å². The second-order valence-electron chi connectivity index (χ2n) is 9.80. The molecule has 3 aromatic carbocycles. The number of phenols is 1. The minimum atomic E-state index is -1.28. The maximum absolute atomic E-state index is 12.9. The minimum absolute atomic E-state index is 0. The van der Waals surface area contributed by atoms with Crippen molar-refractivity contribution < 1.29 is 63.3 Å². The topological polar surface area (TPSA) is 126 Å². The van der Waals surface area contributed by atoms with Crippen LogP contribution in [0.3, 0.4) is 0 Å². The predicted molar refractivity (Wildman–Crippen MR) is 154 cm³/mol. The fraction of sp³-hybridized carbons (Fsp3) is 0.303. The largest absolute Gasteiger partial charge is 1.00 e. The molecular weight excluding hydrogens is 547 g/mol. The Balaban J connectivity index is 0.00000484. The van der Waals surface area contributed by atoms with Gasteiger partial charge in [0.15, 0.2) is 11.2 Å². The molecule has 1 N–H and O–H groups in total. The van der Waals surface area contributed by atoms with Crippen LogP contribution in [0.5, 0.6) is 17.2 Å². The molecule has 0 unspecified atom stereocenters. The molecule has 4 rings (SSSR count). The Hall–Kier alpha value is -3.59. The zero-order valence-corrected chi connectivity index (χ0v) is 26.5. The van der Waals surface area contributed by atoms with E-state index in [1.54, 1.807) is 36.4 Å². The molecule has 42 heavy (non-hydrogen) atoms. The van der Waals surface area contributed by atoms with Gasteiger partial charge >= 0.3 is 29.6 Å². The Morgan fingerprint density at radius 3 is 2.07 bits per heavy atom. The third-order valence-corrected chi connectivity index (χ3v) is 6.79. The van der Waals surface area contributed by atoms with Crippen LogP contribution in [0.4, 0.5) is 0 Å². The van der Waals surface area contributed by atoms with Gasteiger partial charge in [0, 0.05) is 29.2 Å². The van der Waals surface area contributed by atoms with E-state index >= 15 is 0 Å². The van der Waals surface area contributed by atoms with Crippen molar-refractivity contribution in [2.75, 3.05) is 13.2 Å². The van der Waals surface area contributed by atoms with E-state index in [2.05, 4.69) is 0 Å². The van der Waals surface area contributed by atoms with Gasteiger partial charge in [-0.05, 0) is 49.6 Å². The summed E-state index contributed by atoms with van der Waals surface area (Å²) in [6.07, 6.45) is 3.36. The fourth-order valence-electron chi connectivity index (χ4n) is 4.74. The van der Waals surface area contributed by atoms with Crippen LogP contribution in [0, 0.1) is 0 Å². The smallest absolute Gasteiger partial charge is 0.545 e. The molecule has 214 valence electrons. The Bertz CT molecular complexity index is 1620. The number of aromatic carboxylic acids is 1. The number of aromatic hydroxyl groups is 1. The van der Waals surface area contributed by atoms with Gasteiger partial charge in [-0.15, -0.1) is 0 Å². The zero-order valence-electron chi connectivity index (χ0n) is 24.5. The van der Waals surface area contributed by atoms with Crippen molar-refractivity contribution in [3.05, 3.63) is 87.1 Å². The number of rotatable bonds is 13. The average molecular weight is 581 g/mol. The van der Waals surface area contributed by atoms with Crippen molar-refractivity contribution in [2.45, 2.75) is 52.9 Å². The first-order valence-corrected chi connectivity index (χ1v) is 13.8. The van der Waals surface area contributed by atoms with Gasteiger partial charge < -0.3 is 28.9 Å². The van der Waals surface area contributed by atoms with Gasteiger partial charge in [0.2, 0.25) is 0 Å². The van der Waals surface area contributed by atoms with Crippen molar-refractivity contribution in [2.24, 2.45) is 0 Å². The van der Waals surface area contributed by atoms with Crippen LogP contribution >= 0.6 is 0 Å². The van der Waals surface area contributed by atoms with Gasteiger partial charge in [-0.25, -0.2) is 0 Å². The molecule has 0 aliphatic carbocycles. The molecule has 0 aliphatic heterocycles. The van der Waals surface area contributed by atoms with E-state index in [-0.39, 0.29) is 57.6 Å². The van der Waals surface area contributed by atoms with Crippen LogP contribution in [-0.2, 0) is 12.8 Å². The summed E-state index contributed by atoms with van der Waals surface area (Å²) in [6.45, 7) is 6.12. The summed E-state index contributed by atoms with van der Waals surface area (Å²) in [6, 6.07) is 14.1. The molecule has 0 saturated heterocycles. The number of benzene rings is 3. The third kappa shape index (κ3) is 7.43. The number of ether oxygens (including phenoxy) is 2. The SMILES string of the molecule is CCCc1c(OCCCOc2ccc3c(=O)cc(-c4ccc(C(=O)[O-])cc4)oc3c2CCC)ccc(C(C)=O)c1O.[Na+]. The quantitative estimate of drug-likeness (QED) is 0.145. The van der Waals surface area contributed by atoms with Crippen molar-refractivity contribution in [3.63, 3.8) is 0 Å². The van der Waals surface area contributed by atoms with Gasteiger partial charge in [0.05, 0.1) is 30.1 Å². The molecule has 9 heteroatoms. The minimum Gasteiger partial charge on any atom is -0.545 e. The fourth-order valence-corrected chi connectivity index (χ4v) is 4.74. The van der Waals surface area contributed by atoms with Crippen LogP contribution in [0.1, 0.15) is 71.9 Å². The van der Waals surface area contributed by atoms with Gasteiger partial charge in [0.25, 0.3) is 0 Å². The molecule has 4 aromatic rings. The first-order valence-electron chi connectivity index (χ1n) is 13.8. The number of carboxylic acid groups (broad SMARTS) is 1. The molecule has 1 heterocycles. The number of carbonyl (C=O) groups excluding carboxylic acids is 2. The van der Waals surface area contributed by atoms with Gasteiger partial charge in [0.1, 0.15) is 28.6 Å². The van der Waals surface area contributed by atoms with Crippen molar-refractivity contribution >= 4 is 22.7 Å². The number of hydrogen-bond donors (Lipinski definition) is 1. The Morgan fingerprint density at radius 1 is 0.881 bits per heavy atom. The number of carbonyl (C=O) groups is 2. The number of hydrogen-bond acceptors (Lipinski definition) is 8. The van der Waals surface area contributed by atoms with Crippen molar-refractivity contribution in [1.82, 2.24) is 0 Å². The normalized spacial score (nSPS) is 10.7. The summed E-state index contributed by atoms with van der Waals surface area (Å²) in [7, 11) is 0. The van der Waals surface area contributed by atoms with E-state index in [9.17, 15) is 24.6 Å². The molecule has 0 spiro atoms. The van der Waals surface area contributed by atoms with Crippen molar-refractivity contribution in [3.8, 4) is 28.6 Å². The summed E-state index contributed by atoms with van der Waals surface area (Å²) in [5.41, 5.74) is 2.54. The number of fused-ring (bicyclic) bond motifs is 1. The number of carboxylic acids is 1. The molecule has 0 aliphatic rings. The van der Waals surface area contributed by atoms with Crippen LogP contribution in [0.25, 0.3) is 22.3 Å². The van der Waals surface area contributed by atoms with Crippen LogP contribution < -0.4 is 49.6 Å². The van der Waals surface area contributed by atoms with Crippen LogP contribution in [0.2, 0.25) is 0 Å². The molecule has 0 atom stereocenters. The van der Waals surface area contributed by atoms with E-state index in [1.165, 1.54) is 25.1 Å². The number of ketones is 1. The van der Waals surface area contributed by atoms with E-state index in [0.717, 1.165) is 18.4 Å². The molecule has 0 saturated carbocycles. The molecule has 0 fully saturated rings.